The molecule has 0 aliphatic carbocycles. The largest absolute Gasteiger partial charge is 0.476 e. The van der Waals surface area contributed by atoms with Gasteiger partial charge in [0, 0.05) is 22.5 Å². The summed E-state index contributed by atoms with van der Waals surface area (Å²) < 4.78 is 5.18. The van der Waals surface area contributed by atoms with Crippen molar-refractivity contribution in [1.29, 1.82) is 0 Å². The topological polar surface area (TPSA) is 106 Å². The summed E-state index contributed by atoms with van der Waals surface area (Å²) in [7, 11) is 0. The third-order valence-corrected chi connectivity index (χ3v) is 3.59. The van der Waals surface area contributed by atoms with Gasteiger partial charge in [0.2, 0.25) is 0 Å². The highest BCUT2D eigenvalue weighted by atomic mass is 32.1. The molecule has 0 amide bonds. The van der Waals surface area contributed by atoms with E-state index in [1.54, 1.807) is 24.3 Å². The molecule has 0 spiro atoms. The molecule has 0 unspecified atom stereocenters. The number of hydrogen-bond acceptors (Lipinski definition) is 6. The van der Waals surface area contributed by atoms with E-state index in [0.717, 1.165) is 11.3 Å². The molecule has 0 atom stereocenters. The first kappa shape index (κ1) is 12.4. The Labute approximate surface area is 116 Å². The second-order valence-corrected chi connectivity index (χ2v) is 4.95. The number of benzene rings is 1. The van der Waals surface area contributed by atoms with Crippen LogP contribution in [0.1, 0.15) is 10.5 Å². The van der Waals surface area contributed by atoms with Crippen molar-refractivity contribution in [1.82, 2.24) is 4.98 Å². The first-order valence-electron chi connectivity index (χ1n) is 5.57. The number of aromatic nitrogens is 1. The molecule has 20 heavy (non-hydrogen) atoms. The quantitative estimate of drug-likeness (QED) is 0.553. The summed E-state index contributed by atoms with van der Waals surface area (Å²) in [6, 6.07) is 6.59. The van der Waals surface area contributed by atoms with Crippen LogP contribution in [-0.4, -0.2) is 16.1 Å². The molecule has 0 aliphatic heterocycles. The van der Waals surface area contributed by atoms with Crippen molar-refractivity contribution in [2.24, 2.45) is 0 Å². The molecule has 7 heteroatoms. The summed E-state index contributed by atoms with van der Waals surface area (Å²) in [5.74, 6) is -1.13. The Bertz CT molecular complexity index is 881. The maximum absolute atomic E-state index is 11.9. The van der Waals surface area contributed by atoms with Gasteiger partial charge in [-0.2, -0.15) is 0 Å². The van der Waals surface area contributed by atoms with Crippen LogP contribution in [-0.2, 0) is 0 Å². The average Bonchev–Trinajstić information content (AvgIpc) is 2.87. The number of aromatic carboxylic acids is 1. The summed E-state index contributed by atoms with van der Waals surface area (Å²) in [6.07, 6.45) is 0. The third kappa shape index (κ3) is 2.04. The van der Waals surface area contributed by atoms with Crippen LogP contribution >= 0.6 is 11.3 Å². The number of thiazole rings is 1. The minimum absolute atomic E-state index is 0.0956. The van der Waals surface area contributed by atoms with E-state index >= 15 is 0 Å². The number of carboxylic acid groups (broad SMARTS) is 1. The van der Waals surface area contributed by atoms with E-state index in [1.807, 2.05) is 0 Å². The Morgan fingerprint density at radius 1 is 1.35 bits per heavy atom. The number of carboxylic acids is 1. The third-order valence-electron chi connectivity index (χ3n) is 2.71. The highest BCUT2D eigenvalue weighted by Gasteiger charge is 2.14. The SMILES string of the molecule is Nc1ccc2cc(-c3nc(C(=O)O)cs3)c(=O)oc2c1. The zero-order valence-electron chi connectivity index (χ0n) is 9.99. The van der Waals surface area contributed by atoms with Crippen LogP contribution in [0.25, 0.3) is 21.5 Å². The van der Waals surface area contributed by atoms with Crippen molar-refractivity contribution in [3.63, 3.8) is 0 Å². The second kappa shape index (κ2) is 4.46. The van der Waals surface area contributed by atoms with Crippen LogP contribution in [0.3, 0.4) is 0 Å². The number of fused-ring (bicyclic) bond motifs is 1. The summed E-state index contributed by atoms with van der Waals surface area (Å²) in [4.78, 5) is 26.6. The van der Waals surface area contributed by atoms with Crippen molar-refractivity contribution in [2.45, 2.75) is 0 Å². The molecule has 3 N–H and O–H groups in total. The zero-order valence-corrected chi connectivity index (χ0v) is 10.8. The molecule has 2 aromatic heterocycles. The van der Waals surface area contributed by atoms with Gasteiger partial charge in [-0.05, 0) is 18.2 Å². The van der Waals surface area contributed by atoms with Crippen molar-refractivity contribution in [3.05, 3.63) is 45.8 Å². The summed E-state index contributed by atoms with van der Waals surface area (Å²) >= 11 is 1.08. The van der Waals surface area contributed by atoms with Gasteiger partial charge in [-0.25, -0.2) is 14.6 Å². The number of rotatable bonds is 2. The smallest absolute Gasteiger partial charge is 0.355 e. The van der Waals surface area contributed by atoms with Gasteiger partial charge >= 0.3 is 11.6 Å². The predicted molar refractivity (Wildman–Crippen MR) is 75.0 cm³/mol. The van der Waals surface area contributed by atoms with Gasteiger partial charge in [0.1, 0.15) is 10.6 Å². The van der Waals surface area contributed by atoms with E-state index in [2.05, 4.69) is 4.98 Å². The van der Waals surface area contributed by atoms with Gasteiger partial charge in [0.25, 0.3) is 0 Å². The Kier molecular flexibility index (Phi) is 2.76. The number of nitrogen functional groups attached to an aromatic ring is 1. The molecule has 2 heterocycles. The average molecular weight is 288 g/mol. The molecule has 0 saturated carbocycles. The minimum Gasteiger partial charge on any atom is -0.476 e. The van der Waals surface area contributed by atoms with E-state index in [4.69, 9.17) is 15.3 Å². The van der Waals surface area contributed by atoms with Gasteiger partial charge in [-0.1, -0.05) is 0 Å². The Morgan fingerprint density at radius 3 is 2.85 bits per heavy atom. The fourth-order valence-corrected chi connectivity index (χ4v) is 2.57. The molecule has 1 aromatic carbocycles. The summed E-state index contributed by atoms with van der Waals surface area (Å²) in [5.41, 5.74) is 6.07. The normalized spacial score (nSPS) is 10.8. The van der Waals surface area contributed by atoms with Crippen molar-refractivity contribution in [2.75, 3.05) is 5.73 Å². The van der Waals surface area contributed by atoms with E-state index in [0.29, 0.717) is 21.7 Å². The van der Waals surface area contributed by atoms with Gasteiger partial charge < -0.3 is 15.3 Å². The molecular formula is C13H8N2O4S. The van der Waals surface area contributed by atoms with E-state index in [9.17, 15) is 9.59 Å². The molecule has 0 radical (unpaired) electrons. The van der Waals surface area contributed by atoms with Crippen LogP contribution in [0.4, 0.5) is 5.69 Å². The first-order valence-corrected chi connectivity index (χ1v) is 6.45. The van der Waals surface area contributed by atoms with Gasteiger partial charge in [0.15, 0.2) is 5.69 Å². The maximum Gasteiger partial charge on any atom is 0.355 e. The zero-order chi connectivity index (χ0) is 14.3. The molecule has 6 nitrogen and oxygen atoms in total. The van der Waals surface area contributed by atoms with Crippen molar-refractivity contribution < 1.29 is 14.3 Å². The first-order chi connectivity index (χ1) is 9.54. The fraction of sp³-hybridized carbons (Fsp3) is 0. The van der Waals surface area contributed by atoms with Gasteiger partial charge in [0.05, 0.1) is 5.56 Å². The standard InChI is InChI=1S/C13H8N2O4S/c14-7-2-1-6-3-8(13(18)19-10(6)4-7)11-15-9(5-20-11)12(16)17/h1-5H,14H2,(H,16,17). The Balaban J connectivity index is 2.20. The number of carbonyl (C=O) groups is 1. The lowest BCUT2D eigenvalue weighted by molar-refractivity contribution is 0.0691. The monoisotopic (exact) mass is 288 g/mol. The molecule has 0 fully saturated rings. The molecule has 0 bridgehead atoms. The van der Waals surface area contributed by atoms with Crippen LogP contribution in [0, 0.1) is 0 Å². The molecule has 100 valence electrons. The van der Waals surface area contributed by atoms with Crippen molar-refractivity contribution >= 4 is 34.0 Å². The minimum atomic E-state index is -1.13. The highest BCUT2D eigenvalue weighted by Crippen LogP contribution is 2.25. The van der Waals surface area contributed by atoms with Crippen LogP contribution in [0.2, 0.25) is 0 Å². The van der Waals surface area contributed by atoms with Crippen molar-refractivity contribution in [3.8, 4) is 10.6 Å². The maximum atomic E-state index is 11.9. The summed E-state index contributed by atoms with van der Waals surface area (Å²) in [6.45, 7) is 0. The second-order valence-electron chi connectivity index (χ2n) is 4.09. The van der Waals surface area contributed by atoms with Crippen LogP contribution in [0.15, 0.2) is 38.9 Å². The molecular weight excluding hydrogens is 280 g/mol. The van der Waals surface area contributed by atoms with E-state index in [1.165, 1.54) is 5.38 Å². The molecule has 0 saturated heterocycles. The number of nitrogens with two attached hydrogens (primary N) is 1. The highest BCUT2D eigenvalue weighted by molar-refractivity contribution is 7.13. The lowest BCUT2D eigenvalue weighted by Crippen LogP contribution is -2.03. The van der Waals surface area contributed by atoms with Gasteiger partial charge in [-0.15, -0.1) is 11.3 Å². The number of anilines is 1. The Morgan fingerprint density at radius 2 is 2.15 bits per heavy atom. The lowest BCUT2D eigenvalue weighted by atomic mass is 10.2. The predicted octanol–water partition coefficient (Wildman–Crippen LogP) is 2.20. The molecule has 3 aromatic rings. The summed E-state index contributed by atoms with van der Waals surface area (Å²) in [5, 5.41) is 11.2. The number of hydrogen-bond donors (Lipinski definition) is 2. The van der Waals surface area contributed by atoms with Crippen LogP contribution < -0.4 is 11.4 Å². The lowest BCUT2D eigenvalue weighted by Gasteiger charge is -2.00. The molecule has 3 rings (SSSR count). The van der Waals surface area contributed by atoms with E-state index in [-0.39, 0.29) is 11.3 Å². The fourth-order valence-electron chi connectivity index (χ4n) is 1.77. The molecule has 0 aliphatic rings. The van der Waals surface area contributed by atoms with Crippen LogP contribution in [0.5, 0.6) is 0 Å². The van der Waals surface area contributed by atoms with E-state index < -0.39 is 11.6 Å². The number of nitrogens with zero attached hydrogens (tertiary/aromatic N) is 1. The van der Waals surface area contributed by atoms with Gasteiger partial charge in [-0.3, -0.25) is 0 Å². The Hall–Kier alpha value is -2.67.